The number of hydrogen-bond donors (Lipinski definition) is 0. The predicted octanol–water partition coefficient (Wildman–Crippen LogP) is 2.18. The highest BCUT2D eigenvalue weighted by Crippen LogP contribution is 2.30. The van der Waals surface area contributed by atoms with E-state index >= 15 is 0 Å². The summed E-state index contributed by atoms with van der Waals surface area (Å²) in [5.74, 6) is 1.21. The maximum absolute atomic E-state index is 4.59. The molecule has 0 aliphatic carbocycles. The van der Waals surface area contributed by atoms with Crippen molar-refractivity contribution in [3.05, 3.63) is 11.3 Å². The van der Waals surface area contributed by atoms with Gasteiger partial charge in [-0.2, -0.15) is 0 Å². The summed E-state index contributed by atoms with van der Waals surface area (Å²) in [6.45, 7) is 7.69. The molecule has 2 heterocycles. The van der Waals surface area contributed by atoms with Crippen LogP contribution in [0, 0.1) is 0 Å². The first-order valence-electron chi connectivity index (χ1n) is 4.71. The molecule has 0 bridgehead atoms. The summed E-state index contributed by atoms with van der Waals surface area (Å²) in [4.78, 5) is 6.96. The Morgan fingerprint density at radius 3 is 2.92 bits per heavy atom. The largest absolute Gasteiger partial charge is 0.334 e. The quantitative estimate of drug-likeness (QED) is 0.535. The average Bonchev–Trinajstić information content (AvgIpc) is 2.48. The van der Waals surface area contributed by atoms with Crippen LogP contribution in [0.2, 0.25) is 0 Å². The average molecular weight is 164 g/mol. The zero-order valence-corrected chi connectivity index (χ0v) is 8.09. The zero-order chi connectivity index (χ0) is 8.72. The summed E-state index contributed by atoms with van der Waals surface area (Å²) in [5.41, 5.74) is 3.01. The van der Waals surface area contributed by atoms with Crippen molar-refractivity contribution < 1.29 is 0 Å². The fourth-order valence-electron chi connectivity index (χ4n) is 2.13. The van der Waals surface area contributed by atoms with Crippen molar-refractivity contribution in [3.8, 4) is 0 Å². The topological polar surface area (TPSA) is 15.6 Å². The van der Waals surface area contributed by atoms with E-state index in [2.05, 4.69) is 30.7 Å². The van der Waals surface area contributed by atoms with Crippen LogP contribution in [0.1, 0.15) is 33.6 Å². The molecular weight excluding hydrogens is 148 g/mol. The van der Waals surface area contributed by atoms with Gasteiger partial charge in [-0.25, -0.2) is 0 Å². The minimum absolute atomic E-state index is 0.411. The Kier molecular flexibility index (Phi) is 1.71. The second kappa shape index (κ2) is 2.61. The van der Waals surface area contributed by atoms with Gasteiger partial charge in [0, 0.05) is 12.2 Å². The van der Waals surface area contributed by atoms with Crippen molar-refractivity contribution in [1.29, 1.82) is 0 Å². The first kappa shape index (κ1) is 7.84. The first-order valence-corrected chi connectivity index (χ1v) is 4.71. The van der Waals surface area contributed by atoms with Crippen molar-refractivity contribution in [2.24, 2.45) is 4.99 Å². The Morgan fingerprint density at radius 1 is 1.42 bits per heavy atom. The van der Waals surface area contributed by atoms with E-state index in [1.54, 1.807) is 0 Å². The number of nitrogens with zero attached hydrogens (tertiary/aromatic N) is 2. The normalized spacial score (nSPS) is 29.1. The van der Waals surface area contributed by atoms with Gasteiger partial charge in [0.25, 0.3) is 0 Å². The molecule has 2 rings (SSSR count). The van der Waals surface area contributed by atoms with Gasteiger partial charge in [0.05, 0.1) is 6.04 Å². The molecule has 0 aromatic rings. The maximum Gasteiger partial charge on any atom is 0.101 e. The maximum atomic E-state index is 4.59. The number of fused-ring (bicyclic) bond motifs is 1. The van der Waals surface area contributed by atoms with E-state index in [1.807, 2.05) is 0 Å². The fourth-order valence-corrected chi connectivity index (χ4v) is 2.13. The number of hydrogen-bond acceptors (Lipinski definition) is 2. The van der Waals surface area contributed by atoms with Gasteiger partial charge in [-0.05, 0) is 39.2 Å². The summed E-state index contributed by atoms with van der Waals surface area (Å²) in [5, 5.41) is 0. The summed E-state index contributed by atoms with van der Waals surface area (Å²) >= 11 is 0. The van der Waals surface area contributed by atoms with E-state index < -0.39 is 0 Å². The van der Waals surface area contributed by atoms with Crippen LogP contribution in [0.4, 0.5) is 0 Å². The van der Waals surface area contributed by atoms with Gasteiger partial charge in [-0.3, -0.25) is 4.99 Å². The molecule has 0 amide bonds. The molecule has 12 heavy (non-hydrogen) atoms. The van der Waals surface area contributed by atoms with Crippen LogP contribution in [0.25, 0.3) is 0 Å². The van der Waals surface area contributed by atoms with Crippen LogP contribution in [0.15, 0.2) is 16.3 Å². The first-order chi connectivity index (χ1) is 5.70. The van der Waals surface area contributed by atoms with Crippen molar-refractivity contribution in [3.63, 3.8) is 0 Å². The highest BCUT2D eigenvalue weighted by molar-refractivity contribution is 5.83. The second-order valence-electron chi connectivity index (χ2n) is 3.74. The van der Waals surface area contributed by atoms with Crippen LogP contribution < -0.4 is 0 Å². The van der Waals surface area contributed by atoms with Crippen LogP contribution >= 0.6 is 0 Å². The van der Waals surface area contributed by atoms with Gasteiger partial charge >= 0.3 is 0 Å². The number of allylic oxidation sites excluding steroid dienone is 1. The molecule has 2 aliphatic rings. The monoisotopic (exact) mass is 164 g/mol. The number of aliphatic imine (C=N–C) groups is 1. The number of amidine groups is 1. The summed E-state index contributed by atoms with van der Waals surface area (Å²) in [7, 11) is 0. The Balaban J connectivity index is 2.38. The van der Waals surface area contributed by atoms with Gasteiger partial charge in [0.15, 0.2) is 0 Å². The molecule has 1 unspecified atom stereocenters. The van der Waals surface area contributed by atoms with Crippen LogP contribution in [0.3, 0.4) is 0 Å². The SMILES string of the molecule is CC1=NC(C)C(C)=C2CCCN12. The van der Waals surface area contributed by atoms with Gasteiger partial charge in [-0.15, -0.1) is 0 Å². The summed E-state index contributed by atoms with van der Waals surface area (Å²) in [6, 6.07) is 0.411. The lowest BCUT2D eigenvalue weighted by Gasteiger charge is -2.28. The molecule has 0 N–H and O–H groups in total. The lowest BCUT2D eigenvalue weighted by atomic mass is 10.1. The Morgan fingerprint density at radius 2 is 2.17 bits per heavy atom. The predicted molar refractivity (Wildman–Crippen MR) is 51.2 cm³/mol. The molecule has 1 saturated heterocycles. The van der Waals surface area contributed by atoms with Crippen molar-refractivity contribution >= 4 is 5.84 Å². The van der Waals surface area contributed by atoms with E-state index in [0.717, 1.165) is 0 Å². The van der Waals surface area contributed by atoms with Gasteiger partial charge < -0.3 is 4.90 Å². The van der Waals surface area contributed by atoms with Crippen molar-refractivity contribution in [1.82, 2.24) is 4.90 Å². The molecule has 0 radical (unpaired) electrons. The Labute approximate surface area is 74.0 Å². The smallest absolute Gasteiger partial charge is 0.101 e. The molecule has 0 aromatic heterocycles. The third kappa shape index (κ3) is 0.977. The molecule has 0 aromatic carbocycles. The minimum Gasteiger partial charge on any atom is -0.334 e. The van der Waals surface area contributed by atoms with E-state index in [9.17, 15) is 0 Å². The lowest BCUT2D eigenvalue weighted by molar-refractivity contribution is 0.546. The molecule has 2 nitrogen and oxygen atoms in total. The van der Waals surface area contributed by atoms with Gasteiger partial charge in [0.2, 0.25) is 0 Å². The van der Waals surface area contributed by atoms with Crippen LogP contribution in [-0.4, -0.2) is 23.3 Å². The van der Waals surface area contributed by atoms with Crippen LogP contribution in [0.5, 0.6) is 0 Å². The Bertz CT molecular complexity index is 263. The lowest BCUT2D eigenvalue weighted by Crippen LogP contribution is -2.30. The molecule has 0 saturated carbocycles. The second-order valence-corrected chi connectivity index (χ2v) is 3.74. The highest BCUT2D eigenvalue weighted by atomic mass is 15.2. The third-order valence-corrected chi connectivity index (χ3v) is 2.97. The van der Waals surface area contributed by atoms with E-state index in [-0.39, 0.29) is 0 Å². The molecule has 0 spiro atoms. The number of rotatable bonds is 0. The molecule has 66 valence electrons. The van der Waals surface area contributed by atoms with E-state index in [1.165, 1.54) is 36.5 Å². The summed E-state index contributed by atoms with van der Waals surface area (Å²) < 4.78 is 0. The van der Waals surface area contributed by atoms with Crippen molar-refractivity contribution in [2.45, 2.75) is 39.7 Å². The van der Waals surface area contributed by atoms with Crippen LogP contribution in [-0.2, 0) is 0 Å². The third-order valence-electron chi connectivity index (χ3n) is 2.97. The van der Waals surface area contributed by atoms with Gasteiger partial charge in [-0.1, -0.05) is 0 Å². The van der Waals surface area contributed by atoms with E-state index in [0.29, 0.717) is 6.04 Å². The highest BCUT2D eigenvalue weighted by Gasteiger charge is 2.26. The minimum atomic E-state index is 0.411. The molecule has 1 fully saturated rings. The van der Waals surface area contributed by atoms with Crippen molar-refractivity contribution in [2.75, 3.05) is 6.54 Å². The zero-order valence-electron chi connectivity index (χ0n) is 8.09. The molecule has 2 aliphatic heterocycles. The molecule has 1 atom stereocenters. The molecule has 2 heteroatoms. The Hall–Kier alpha value is -0.790. The summed E-state index contributed by atoms with van der Waals surface area (Å²) in [6.07, 6.45) is 2.55. The molecular formula is C10H16N2. The van der Waals surface area contributed by atoms with Gasteiger partial charge in [0.1, 0.15) is 5.84 Å². The fraction of sp³-hybridized carbons (Fsp3) is 0.700. The van der Waals surface area contributed by atoms with E-state index in [4.69, 9.17) is 0 Å². The standard InChI is InChI=1S/C10H16N2/c1-7-8(2)11-9(3)12-6-4-5-10(7)12/h8H,4-6H2,1-3H3.